The van der Waals surface area contributed by atoms with E-state index in [0.29, 0.717) is 24.3 Å². The normalized spacial score (nSPS) is 25.7. The van der Waals surface area contributed by atoms with Crippen molar-refractivity contribution in [2.45, 2.75) is 31.2 Å². The van der Waals surface area contributed by atoms with Gasteiger partial charge in [-0.25, -0.2) is 0 Å². The van der Waals surface area contributed by atoms with Gasteiger partial charge >= 0.3 is 0 Å². The quantitative estimate of drug-likeness (QED) is 0.859. The van der Waals surface area contributed by atoms with Crippen LogP contribution in [-0.2, 0) is 4.79 Å². The van der Waals surface area contributed by atoms with Crippen LogP contribution in [0.25, 0.3) is 0 Å². The van der Waals surface area contributed by atoms with Crippen LogP contribution in [0.15, 0.2) is 30.3 Å². The van der Waals surface area contributed by atoms with Crippen molar-refractivity contribution in [3.63, 3.8) is 0 Å². The van der Waals surface area contributed by atoms with Crippen LogP contribution in [0.2, 0.25) is 0 Å². The Morgan fingerprint density at radius 1 is 1.11 bits per heavy atom. The van der Waals surface area contributed by atoms with Gasteiger partial charge in [0, 0.05) is 24.9 Å². The van der Waals surface area contributed by atoms with Crippen LogP contribution in [0.1, 0.15) is 30.7 Å². The summed E-state index contributed by atoms with van der Waals surface area (Å²) in [6, 6.07) is 10.9. The van der Waals surface area contributed by atoms with E-state index in [2.05, 4.69) is 34.5 Å². The smallest absolute Gasteiger partial charge is 0.223 e. The standard InChI is InChI=1S/C15H20N2O/c18-15-10-13(12-4-2-1-3-5-12)11-17(15)14-6-8-16-9-7-14/h1-5,13-14,16H,6-11H2/t13-/m1/s1. The maximum Gasteiger partial charge on any atom is 0.223 e. The van der Waals surface area contributed by atoms with E-state index in [0.717, 1.165) is 32.5 Å². The summed E-state index contributed by atoms with van der Waals surface area (Å²) in [7, 11) is 0. The van der Waals surface area contributed by atoms with Crippen LogP contribution in [0.5, 0.6) is 0 Å². The summed E-state index contributed by atoms with van der Waals surface area (Å²) in [6.45, 7) is 3.00. The predicted octanol–water partition coefficient (Wildman–Crippen LogP) is 1.75. The molecule has 1 aromatic rings. The number of amides is 1. The third-order valence-corrected chi connectivity index (χ3v) is 4.18. The SMILES string of the molecule is O=C1C[C@@H](c2ccccc2)CN1C1CCNCC1. The van der Waals surface area contributed by atoms with Crippen LogP contribution in [-0.4, -0.2) is 36.5 Å². The maximum absolute atomic E-state index is 12.2. The van der Waals surface area contributed by atoms with E-state index in [4.69, 9.17) is 0 Å². The van der Waals surface area contributed by atoms with Crippen molar-refractivity contribution in [2.75, 3.05) is 19.6 Å². The number of piperidine rings is 1. The Morgan fingerprint density at radius 2 is 1.83 bits per heavy atom. The first-order chi connectivity index (χ1) is 8.84. The van der Waals surface area contributed by atoms with Gasteiger partial charge < -0.3 is 10.2 Å². The van der Waals surface area contributed by atoms with Crippen molar-refractivity contribution in [1.29, 1.82) is 0 Å². The highest BCUT2D eigenvalue weighted by Gasteiger charge is 2.35. The fraction of sp³-hybridized carbons (Fsp3) is 0.533. The third kappa shape index (κ3) is 2.27. The van der Waals surface area contributed by atoms with E-state index in [1.165, 1.54) is 5.56 Å². The summed E-state index contributed by atoms with van der Waals surface area (Å²) in [6.07, 6.45) is 2.90. The Bertz CT molecular complexity index is 412. The molecule has 0 spiro atoms. The zero-order valence-electron chi connectivity index (χ0n) is 10.6. The van der Waals surface area contributed by atoms with E-state index in [9.17, 15) is 4.79 Å². The highest BCUT2D eigenvalue weighted by atomic mass is 16.2. The Kier molecular flexibility index (Phi) is 3.33. The largest absolute Gasteiger partial charge is 0.339 e. The van der Waals surface area contributed by atoms with Crippen molar-refractivity contribution < 1.29 is 4.79 Å². The molecule has 2 aliphatic rings. The molecule has 2 aliphatic heterocycles. The van der Waals surface area contributed by atoms with Gasteiger partial charge in [0.05, 0.1) is 0 Å². The lowest BCUT2D eigenvalue weighted by atomic mass is 9.98. The van der Waals surface area contributed by atoms with E-state index in [1.807, 2.05) is 6.07 Å². The summed E-state index contributed by atoms with van der Waals surface area (Å²) in [5.74, 6) is 0.740. The molecule has 1 amide bonds. The van der Waals surface area contributed by atoms with Gasteiger partial charge in [0.15, 0.2) is 0 Å². The van der Waals surface area contributed by atoms with E-state index in [-0.39, 0.29) is 0 Å². The van der Waals surface area contributed by atoms with Crippen LogP contribution < -0.4 is 5.32 Å². The molecule has 0 radical (unpaired) electrons. The lowest BCUT2D eigenvalue weighted by Crippen LogP contribution is -2.43. The average Bonchev–Trinajstić information content (AvgIpc) is 2.83. The second-order valence-corrected chi connectivity index (χ2v) is 5.34. The number of likely N-dealkylation sites (tertiary alicyclic amines) is 1. The van der Waals surface area contributed by atoms with Gasteiger partial charge in [-0.2, -0.15) is 0 Å². The minimum absolute atomic E-state index is 0.343. The molecule has 3 rings (SSSR count). The summed E-state index contributed by atoms with van der Waals surface area (Å²) in [5.41, 5.74) is 1.31. The first kappa shape index (κ1) is 11.7. The van der Waals surface area contributed by atoms with E-state index < -0.39 is 0 Å². The molecular formula is C15H20N2O. The lowest BCUT2D eigenvalue weighted by molar-refractivity contribution is -0.130. The number of rotatable bonds is 2. The van der Waals surface area contributed by atoms with Crippen LogP contribution in [0, 0.1) is 0 Å². The second kappa shape index (κ2) is 5.11. The fourth-order valence-electron chi connectivity index (χ4n) is 3.15. The Balaban J connectivity index is 1.70. The molecule has 96 valence electrons. The first-order valence-electron chi connectivity index (χ1n) is 6.90. The maximum atomic E-state index is 12.2. The number of benzene rings is 1. The monoisotopic (exact) mass is 244 g/mol. The molecule has 0 bridgehead atoms. The van der Waals surface area contributed by atoms with Crippen molar-refractivity contribution in [2.24, 2.45) is 0 Å². The van der Waals surface area contributed by atoms with Crippen molar-refractivity contribution in [1.82, 2.24) is 10.2 Å². The molecule has 2 fully saturated rings. The third-order valence-electron chi connectivity index (χ3n) is 4.18. The number of nitrogens with zero attached hydrogens (tertiary/aromatic N) is 1. The predicted molar refractivity (Wildman–Crippen MR) is 71.4 cm³/mol. The molecule has 0 aliphatic carbocycles. The Morgan fingerprint density at radius 3 is 2.56 bits per heavy atom. The molecule has 3 nitrogen and oxygen atoms in total. The van der Waals surface area contributed by atoms with Crippen molar-refractivity contribution >= 4 is 5.91 Å². The Labute approximate surface area is 108 Å². The molecule has 0 saturated carbocycles. The zero-order valence-corrected chi connectivity index (χ0v) is 10.6. The van der Waals surface area contributed by atoms with Crippen molar-refractivity contribution in [3.8, 4) is 0 Å². The van der Waals surface area contributed by atoms with E-state index in [1.54, 1.807) is 0 Å². The minimum Gasteiger partial charge on any atom is -0.339 e. The minimum atomic E-state index is 0.343. The lowest BCUT2D eigenvalue weighted by Gasteiger charge is -2.31. The molecule has 18 heavy (non-hydrogen) atoms. The molecular weight excluding hydrogens is 224 g/mol. The number of hydrogen-bond donors (Lipinski definition) is 1. The molecule has 3 heteroatoms. The van der Waals surface area contributed by atoms with Gasteiger partial charge in [-0.15, -0.1) is 0 Å². The molecule has 2 heterocycles. The van der Waals surface area contributed by atoms with E-state index >= 15 is 0 Å². The number of nitrogens with one attached hydrogen (secondary N) is 1. The Hall–Kier alpha value is -1.35. The number of carbonyl (C=O) groups is 1. The van der Waals surface area contributed by atoms with Crippen LogP contribution >= 0.6 is 0 Å². The summed E-state index contributed by atoms with van der Waals surface area (Å²) in [4.78, 5) is 14.3. The number of hydrogen-bond acceptors (Lipinski definition) is 2. The van der Waals surface area contributed by atoms with Gasteiger partial charge in [-0.05, 0) is 31.5 Å². The first-order valence-corrected chi connectivity index (χ1v) is 6.90. The molecule has 0 aromatic heterocycles. The van der Waals surface area contributed by atoms with Gasteiger partial charge in [0.25, 0.3) is 0 Å². The zero-order chi connectivity index (χ0) is 12.4. The van der Waals surface area contributed by atoms with Gasteiger partial charge in [0.1, 0.15) is 0 Å². The van der Waals surface area contributed by atoms with Crippen molar-refractivity contribution in [3.05, 3.63) is 35.9 Å². The van der Waals surface area contributed by atoms with Gasteiger partial charge in [-0.3, -0.25) is 4.79 Å². The summed E-state index contributed by atoms with van der Waals surface area (Å²) in [5, 5.41) is 3.36. The van der Waals surface area contributed by atoms with Crippen LogP contribution in [0.4, 0.5) is 0 Å². The number of carbonyl (C=O) groups excluding carboxylic acids is 1. The van der Waals surface area contributed by atoms with Gasteiger partial charge in [-0.1, -0.05) is 30.3 Å². The highest BCUT2D eigenvalue weighted by molar-refractivity contribution is 5.80. The van der Waals surface area contributed by atoms with Gasteiger partial charge in [0.2, 0.25) is 5.91 Å². The molecule has 1 atom stereocenters. The summed E-state index contributed by atoms with van der Waals surface area (Å²) < 4.78 is 0. The molecule has 1 aromatic carbocycles. The highest BCUT2D eigenvalue weighted by Crippen LogP contribution is 2.30. The average molecular weight is 244 g/mol. The van der Waals surface area contributed by atoms with Crippen LogP contribution in [0.3, 0.4) is 0 Å². The summed E-state index contributed by atoms with van der Waals surface area (Å²) >= 11 is 0. The molecule has 0 unspecified atom stereocenters. The topological polar surface area (TPSA) is 32.3 Å². The second-order valence-electron chi connectivity index (χ2n) is 5.34. The molecule has 2 saturated heterocycles. The molecule has 1 N–H and O–H groups in total. The fourth-order valence-corrected chi connectivity index (χ4v) is 3.15.